The van der Waals surface area contributed by atoms with E-state index in [0.29, 0.717) is 22.4 Å². The van der Waals surface area contributed by atoms with Crippen LogP contribution in [0, 0.1) is 10.1 Å². The van der Waals surface area contributed by atoms with Crippen LogP contribution < -0.4 is 10.5 Å². The maximum Gasteiger partial charge on any atom is 0.420 e. The largest absolute Gasteiger partial charge is 0.497 e. The zero-order chi connectivity index (χ0) is 24.4. The van der Waals surface area contributed by atoms with Gasteiger partial charge in [-0.1, -0.05) is 0 Å². The van der Waals surface area contributed by atoms with Crippen LogP contribution in [0.5, 0.6) is 5.75 Å². The molecule has 1 N–H and O–H groups in total. The van der Waals surface area contributed by atoms with Crippen molar-refractivity contribution in [2.24, 2.45) is 0 Å². The van der Waals surface area contributed by atoms with E-state index >= 15 is 0 Å². The third kappa shape index (κ3) is 4.34. The molecule has 34 heavy (non-hydrogen) atoms. The van der Waals surface area contributed by atoms with Crippen molar-refractivity contribution in [1.29, 1.82) is 0 Å². The Hall–Kier alpha value is -4.57. The number of ketones is 2. The average Bonchev–Trinajstić information content (AvgIpc) is 3.17. The fourth-order valence-corrected chi connectivity index (χ4v) is 3.49. The Morgan fingerprint density at radius 2 is 1.65 bits per heavy atom. The summed E-state index contributed by atoms with van der Waals surface area (Å²) in [7, 11) is 1.52. The van der Waals surface area contributed by atoms with Gasteiger partial charge < -0.3 is 14.3 Å². The van der Waals surface area contributed by atoms with Crippen molar-refractivity contribution in [2.45, 2.75) is 12.6 Å². The number of aliphatic hydroxyl groups is 1. The molecule has 0 aliphatic rings. The number of nitrogens with zero attached hydrogens (tertiary/aromatic N) is 2. The molecule has 1 unspecified atom stereocenters. The lowest BCUT2D eigenvalue weighted by atomic mass is 10.0. The average molecular weight is 462 g/mol. The van der Waals surface area contributed by atoms with Crippen LogP contribution in [0.4, 0.5) is 5.69 Å². The van der Waals surface area contributed by atoms with Gasteiger partial charge in [-0.05, 0) is 54.6 Å². The van der Waals surface area contributed by atoms with Gasteiger partial charge in [-0.15, -0.1) is 0 Å². The number of aliphatic hydroxyl groups excluding tert-OH is 1. The van der Waals surface area contributed by atoms with E-state index in [1.807, 2.05) is 0 Å². The van der Waals surface area contributed by atoms with E-state index in [9.17, 15) is 29.6 Å². The quantitative estimate of drug-likeness (QED) is 0.239. The van der Waals surface area contributed by atoms with Crippen LogP contribution in [0.1, 0.15) is 26.3 Å². The van der Waals surface area contributed by atoms with Gasteiger partial charge in [0.05, 0.1) is 24.1 Å². The van der Waals surface area contributed by atoms with Crippen molar-refractivity contribution < 1.29 is 28.8 Å². The highest BCUT2D eigenvalue weighted by Gasteiger charge is 2.22. The molecule has 3 aromatic carbocycles. The first-order chi connectivity index (χ1) is 16.3. The van der Waals surface area contributed by atoms with Crippen molar-refractivity contribution in [3.63, 3.8) is 0 Å². The van der Waals surface area contributed by atoms with Crippen molar-refractivity contribution >= 4 is 28.4 Å². The second-order valence-corrected chi connectivity index (χ2v) is 7.40. The molecule has 0 radical (unpaired) electrons. The summed E-state index contributed by atoms with van der Waals surface area (Å²) >= 11 is 0. The molecule has 0 fully saturated rings. The Labute approximate surface area is 191 Å². The third-order valence-corrected chi connectivity index (χ3v) is 5.30. The third-order valence-electron chi connectivity index (χ3n) is 5.30. The highest BCUT2D eigenvalue weighted by atomic mass is 16.6. The lowest BCUT2D eigenvalue weighted by Crippen LogP contribution is -2.30. The lowest BCUT2D eigenvalue weighted by molar-refractivity contribution is -0.384. The standard InChI is InChI=1S/C24H18N2O8/c1-33-18-9-4-14(5-10-18)22(28)16-6-11-19-21(12-16)34-24(30)25(19)13-20(27)23(29)15-2-7-17(8-3-15)26(31)32/h2-12,20,27H,13H2,1H3. The summed E-state index contributed by atoms with van der Waals surface area (Å²) in [6, 6.07) is 15.8. The van der Waals surface area contributed by atoms with Gasteiger partial charge in [0.1, 0.15) is 11.9 Å². The SMILES string of the molecule is COc1ccc(C(=O)c2ccc3c(c2)oc(=O)n3CC(O)C(=O)c2ccc([N+](=O)[O-])cc2)cc1. The van der Waals surface area contributed by atoms with Gasteiger partial charge in [0.2, 0.25) is 0 Å². The first kappa shape index (κ1) is 22.6. The summed E-state index contributed by atoms with van der Waals surface area (Å²) in [5, 5.41) is 21.1. The lowest BCUT2D eigenvalue weighted by Gasteiger charge is -2.10. The minimum absolute atomic E-state index is 0.0614. The minimum atomic E-state index is -1.60. The number of non-ortho nitro benzene ring substituents is 1. The molecule has 0 amide bonds. The zero-order valence-electron chi connectivity index (χ0n) is 17.8. The van der Waals surface area contributed by atoms with Crippen LogP contribution in [0.2, 0.25) is 0 Å². The minimum Gasteiger partial charge on any atom is -0.497 e. The molecule has 10 nitrogen and oxygen atoms in total. The van der Waals surface area contributed by atoms with E-state index < -0.39 is 29.1 Å². The number of aromatic nitrogens is 1. The first-order valence-corrected chi connectivity index (χ1v) is 10.1. The summed E-state index contributed by atoms with van der Waals surface area (Å²) in [4.78, 5) is 47.8. The van der Waals surface area contributed by atoms with Gasteiger partial charge in [0, 0.05) is 28.8 Å². The molecule has 172 valence electrons. The van der Waals surface area contributed by atoms with E-state index in [1.165, 1.54) is 37.4 Å². The molecule has 10 heteroatoms. The van der Waals surface area contributed by atoms with Crippen molar-refractivity contribution in [2.75, 3.05) is 7.11 Å². The highest BCUT2D eigenvalue weighted by molar-refractivity contribution is 6.10. The van der Waals surface area contributed by atoms with Gasteiger partial charge in [-0.3, -0.25) is 24.3 Å². The van der Waals surface area contributed by atoms with Crippen molar-refractivity contribution in [1.82, 2.24) is 4.57 Å². The van der Waals surface area contributed by atoms with E-state index in [4.69, 9.17) is 9.15 Å². The van der Waals surface area contributed by atoms with Gasteiger partial charge in [0.25, 0.3) is 5.69 Å². The van der Waals surface area contributed by atoms with Crippen LogP contribution in [0.3, 0.4) is 0 Å². The number of ether oxygens (including phenoxy) is 1. The molecule has 0 saturated heterocycles. The molecular weight excluding hydrogens is 444 g/mol. The molecule has 0 saturated carbocycles. The van der Waals surface area contributed by atoms with Crippen LogP contribution in [-0.4, -0.2) is 39.4 Å². The summed E-state index contributed by atoms with van der Waals surface area (Å²) in [6.07, 6.45) is -1.60. The molecule has 0 aliphatic carbocycles. The number of carbonyl (C=O) groups excluding carboxylic acids is 2. The van der Waals surface area contributed by atoms with Crippen LogP contribution >= 0.6 is 0 Å². The maximum absolute atomic E-state index is 12.8. The van der Waals surface area contributed by atoms with E-state index in [2.05, 4.69) is 0 Å². The fourth-order valence-electron chi connectivity index (χ4n) is 3.49. The number of nitro groups is 1. The number of oxazole rings is 1. The summed E-state index contributed by atoms with van der Waals surface area (Å²) in [6.45, 7) is -0.395. The second kappa shape index (κ2) is 9.12. The Balaban J connectivity index is 1.56. The van der Waals surface area contributed by atoms with Gasteiger partial charge in [-0.2, -0.15) is 0 Å². The van der Waals surface area contributed by atoms with E-state index in [1.54, 1.807) is 24.3 Å². The Morgan fingerprint density at radius 1 is 1.03 bits per heavy atom. The Bertz CT molecular complexity index is 1450. The molecule has 4 rings (SSSR count). The van der Waals surface area contributed by atoms with Crippen LogP contribution in [0.25, 0.3) is 11.1 Å². The topological polar surface area (TPSA) is 142 Å². The predicted molar refractivity (Wildman–Crippen MR) is 120 cm³/mol. The summed E-state index contributed by atoms with van der Waals surface area (Å²) < 4.78 is 11.4. The van der Waals surface area contributed by atoms with Crippen molar-refractivity contribution in [3.05, 3.63) is 104 Å². The molecule has 1 aromatic heterocycles. The number of hydrogen-bond donors (Lipinski definition) is 1. The second-order valence-electron chi connectivity index (χ2n) is 7.40. The Morgan fingerprint density at radius 3 is 2.26 bits per heavy atom. The molecule has 4 aromatic rings. The monoisotopic (exact) mass is 462 g/mol. The number of fused-ring (bicyclic) bond motifs is 1. The highest BCUT2D eigenvalue weighted by Crippen LogP contribution is 2.20. The predicted octanol–water partition coefficient (Wildman–Crippen LogP) is 2.99. The fraction of sp³-hybridized carbons (Fsp3) is 0.125. The number of methoxy groups -OCH3 is 1. The van der Waals surface area contributed by atoms with Crippen LogP contribution in [-0.2, 0) is 6.54 Å². The number of hydrogen-bond acceptors (Lipinski definition) is 8. The maximum atomic E-state index is 12.8. The smallest absolute Gasteiger partial charge is 0.420 e. The van der Waals surface area contributed by atoms with Crippen LogP contribution in [0.15, 0.2) is 75.9 Å². The van der Waals surface area contributed by atoms with E-state index in [-0.39, 0.29) is 22.6 Å². The summed E-state index contributed by atoms with van der Waals surface area (Å²) in [5.74, 6) is -1.19. The number of carbonyl (C=O) groups is 2. The van der Waals surface area contributed by atoms with Gasteiger partial charge in [-0.25, -0.2) is 4.79 Å². The normalized spacial score (nSPS) is 11.8. The number of benzene rings is 3. The molecule has 1 atom stereocenters. The molecular formula is C24H18N2O8. The van der Waals surface area contributed by atoms with Crippen molar-refractivity contribution in [3.8, 4) is 5.75 Å². The number of Topliss-reactive ketones (excluding diaryl/α,β-unsaturated/α-hetero) is 1. The van der Waals surface area contributed by atoms with Gasteiger partial charge in [0.15, 0.2) is 17.1 Å². The molecule has 1 heterocycles. The molecule has 0 aliphatic heterocycles. The zero-order valence-corrected chi connectivity index (χ0v) is 17.8. The van der Waals surface area contributed by atoms with Gasteiger partial charge >= 0.3 is 5.76 Å². The number of rotatable bonds is 8. The Kier molecular flexibility index (Phi) is 6.07. The molecule has 0 bridgehead atoms. The number of nitro benzene ring substituents is 1. The first-order valence-electron chi connectivity index (χ1n) is 10.1. The molecule has 0 spiro atoms. The summed E-state index contributed by atoms with van der Waals surface area (Å²) in [5.41, 5.74) is 1.01. The van der Waals surface area contributed by atoms with E-state index in [0.717, 1.165) is 16.7 Å².